The average molecular weight is 219 g/mol. The Morgan fingerprint density at radius 2 is 2.19 bits per heavy atom. The van der Waals surface area contributed by atoms with Gasteiger partial charge in [0.05, 0.1) is 0 Å². The number of nitrogens with zero attached hydrogens (tertiary/aromatic N) is 1. The molecule has 0 aromatic heterocycles. The molecular weight excluding hydrogens is 206 g/mol. The molecule has 1 amide bonds. The van der Waals surface area contributed by atoms with E-state index >= 15 is 0 Å². The van der Waals surface area contributed by atoms with Crippen molar-refractivity contribution in [3.63, 3.8) is 0 Å². The summed E-state index contributed by atoms with van der Waals surface area (Å²) in [5.74, 6) is -1.10. The number of rotatable bonds is 2. The largest absolute Gasteiger partial charge is 0.480 e. The van der Waals surface area contributed by atoms with Gasteiger partial charge in [-0.25, -0.2) is 0 Å². The molecule has 1 aromatic rings. The molecule has 4 nitrogen and oxygen atoms in total. The van der Waals surface area contributed by atoms with E-state index in [1.165, 1.54) is 4.90 Å². The summed E-state index contributed by atoms with van der Waals surface area (Å²) in [6, 6.07) is 5.73. The van der Waals surface area contributed by atoms with Gasteiger partial charge < -0.3 is 10.0 Å². The molecule has 0 bridgehead atoms. The monoisotopic (exact) mass is 219 g/mol. The number of amides is 1. The van der Waals surface area contributed by atoms with E-state index in [1.807, 2.05) is 25.1 Å². The number of carbonyl (C=O) groups excluding carboxylic acids is 1. The molecule has 0 unspecified atom stereocenters. The first-order valence-electron chi connectivity index (χ1n) is 5.19. The third-order valence-corrected chi connectivity index (χ3v) is 2.73. The predicted octanol–water partition coefficient (Wildman–Crippen LogP) is 1.36. The average Bonchev–Trinajstić information content (AvgIpc) is 2.22. The lowest BCUT2D eigenvalue weighted by molar-refractivity contribution is -0.136. The van der Waals surface area contributed by atoms with E-state index in [0.717, 1.165) is 16.8 Å². The smallest absolute Gasteiger partial charge is 0.323 e. The van der Waals surface area contributed by atoms with Gasteiger partial charge >= 0.3 is 5.97 Å². The van der Waals surface area contributed by atoms with Crippen molar-refractivity contribution in [2.75, 3.05) is 11.4 Å². The number of carbonyl (C=O) groups is 2. The topological polar surface area (TPSA) is 57.6 Å². The maximum atomic E-state index is 11.6. The van der Waals surface area contributed by atoms with Gasteiger partial charge in [-0.05, 0) is 25.0 Å². The van der Waals surface area contributed by atoms with Gasteiger partial charge in [0.2, 0.25) is 5.91 Å². The lowest BCUT2D eigenvalue weighted by Gasteiger charge is -2.28. The molecule has 0 radical (unpaired) electrons. The molecule has 0 saturated carbocycles. The normalized spacial score (nSPS) is 14.8. The number of hydrogen-bond acceptors (Lipinski definition) is 2. The van der Waals surface area contributed by atoms with Gasteiger partial charge in [-0.3, -0.25) is 9.59 Å². The van der Waals surface area contributed by atoms with E-state index in [2.05, 4.69) is 0 Å². The van der Waals surface area contributed by atoms with Crippen LogP contribution in [0.5, 0.6) is 0 Å². The Kier molecular flexibility index (Phi) is 2.64. The van der Waals surface area contributed by atoms with E-state index in [4.69, 9.17) is 5.11 Å². The van der Waals surface area contributed by atoms with E-state index < -0.39 is 5.97 Å². The zero-order valence-corrected chi connectivity index (χ0v) is 9.06. The fraction of sp³-hybridized carbons (Fsp3) is 0.333. The standard InChI is InChI=1S/C12H13NO3/c1-8-2-4-10-9(6-8)3-5-11(14)13(10)7-12(15)16/h2,4,6H,3,5,7H2,1H3,(H,15,16). The second kappa shape index (κ2) is 3.96. The van der Waals surface area contributed by atoms with Crippen LogP contribution in [-0.4, -0.2) is 23.5 Å². The first kappa shape index (κ1) is 10.7. The highest BCUT2D eigenvalue weighted by atomic mass is 16.4. The lowest BCUT2D eigenvalue weighted by Crippen LogP contribution is -2.38. The first-order chi connectivity index (χ1) is 7.58. The fourth-order valence-electron chi connectivity index (χ4n) is 2.00. The van der Waals surface area contributed by atoms with Crippen LogP contribution in [0.1, 0.15) is 17.5 Å². The zero-order valence-electron chi connectivity index (χ0n) is 9.06. The second-order valence-electron chi connectivity index (χ2n) is 4.01. The minimum absolute atomic E-state index is 0.112. The van der Waals surface area contributed by atoms with Gasteiger partial charge in [0.25, 0.3) is 0 Å². The summed E-state index contributed by atoms with van der Waals surface area (Å²) in [6.07, 6.45) is 1.09. The molecule has 0 atom stereocenters. The number of benzene rings is 1. The van der Waals surface area contributed by atoms with Crippen molar-refractivity contribution < 1.29 is 14.7 Å². The molecule has 2 rings (SSSR count). The number of aryl methyl sites for hydroxylation is 2. The van der Waals surface area contributed by atoms with Crippen LogP contribution in [0.3, 0.4) is 0 Å². The van der Waals surface area contributed by atoms with E-state index in [0.29, 0.717) is 12.8 Å². The third kappa shape index (κ3) is 1.91. The summed E-state index contributed by atoms with van der Waals surface area (Å²) in [6.45, 7) is 1.73. The molecule has 0 aliphatic carbocycles. The quantitative estimate of drug-likeness (QED) is 0.817. The first-order valence-corrected chi connectivity index (χ1v) is 5.19. The summed E-state index contributed by atoms with van der Waals surface area (Å²) in [5.41, 5.74) is 2.92. The van der Waals surface area contributed by atoms with Gasteiger partial charge in [0, 0.05) is 12.1 Å². The minimum Gasteiger partial charge on any atom is -0.480 e. The van der Waals surface area contributed by atoms with Gasteiger partial charge in [-0.2, -0.15) is 0 Å². The van der Waals surface area contributed by atoms with Crippen molar-refractivity contribution in [2.24, 2.45) is 0 Å². The van der Waals surface area contributed by atoms with E-state index in [9.17, 15) is 9.59 Å². The number of hydrogen-bond donors (Lipinski definition) is 1. The minimum atomic E-state index is -0.984. The van der Waals surface area contributed by atoms with Crippen LogP contribution in [-0.2, 0) is 16.0 Å². The molecule has 84 valence electrons. The van der Waals surface area contributed by atoms with E-state index in [1.54, 1.807) is 0 Å². The highest BCUT2D eigenvalue weighted by Gasteiger charge is 2.25. The van der Waals surface area contributed by atoms with Gasteiger partial charge in [0.1, 0.15) is 6.54 Å². The van der Waals surface area contributed by atoms with Gasteiger partial charge in [0.15, 0.2) is 0 Å². The number of carboxylic acid groups (broad SMARTS) is 1. The Bertz CT molecular complexity index is 454. The summed E-state index contributed by atoms with van der Waals surface area (Å²) in [5, 5.41) is 8.77. The lowest BCUT2D eigenvalue weighted by atomic mass is 9.99. The Labute approximate surface area is 93.5 Å². The second-order valence-corrected chi connectivity index (χ2v) is 4.01. The summed E-state index contributed by atoms with van der Waals surface area (Å²) < 4.78 is 0. The van der Waals surface area contributed by atoms with Gasteiger partial charge in [-0.1, -0.05) is 17.7 Å². The van der Waals surface area contributed by atoms with Crippen LogP contribution < -0.4 is 4.90 Å². The third-order valence-electron chi connectivity index (χ3n) is 2.73. The van der Waals surface area contributed by atoms with Crippen LogP contribution >= 0.6 is 0 Å². The Morgan fingerprint density at radius 1 is 1.44 bits per heavy atom. The van der Waals surface area contributed by atoms with Crippen LogP contribution in [0.25, 0.3) is 0 Å². The number of carboxylic acids is 1. The van der Waals surface area contributed by atoms with Crippen LogP contribution in [0, 0.1) is 6.92 Å². The predicted molar refractivity (Wildman–Crippen MR) is 59.5 cm³/mol. The summed E-state index contributed by atoms with van der Waals surface area (Å²) in [7, 11) is 0. The molecule has 0 spiro atoms. The number of fused-ring (bicyclic) bond motifs is 1. The number of aliphatic carboxylic acids is 1. The molecule has 1 aromatic carbocycles. The molecule has 1 aliphatic heterocycles. The molecular formula is C12H13NO3. The molecule has 1 N–H and O–H groups in total. The maximum Gasteiger partial charge on any atom is 0.323 e. The molecule has 4 heteroatoms. The molecule has 1 aliphatic rings. The van der Waals surface area contributed by atoms with Crippen molar-refractivity contribution >= 4 is 17.6 Å². The van der Waals surface area contributed by atoms with Crippen molar-refractivity contribution in [1.82, 2.24) is 0 Å². The van der Waals surface area contributed by atoms with Crippen molar-refractivity contribution in [2.45, 2.75) is 19.8 Å². The van der Waals surface area contributed by atoms with E-state index in [-0.39, 0.29) is 12.5 Å². The van der Waals surface area contributed by atoms with Crippen LogP contribution in [0.4, 0.5) is 5.69 Å². The molecule has 1 heterocycles. The molecule has 0 fully saturated rings. The Hall–Kier alpha value is -1.84. The summed E-state index contributed by atoms with van der Waals surface area (Å²) >= 11 is 0. The fourth-order valence-corrected chi connectivity index (χ4v) is 2.00. The Balaban J connectivity index is 2.40. The van der Waals surface area contributed by atoms with Crippen LogP contribution in [0.2, 0.25) is 0 Å². The Morgan fingerprint density at radius 3 is 2.88 bits per heavy atom. The van der Waals surface area contributed by atoms with Crippen molar-refractivity contribution in [3.05, 3.63) is 29.3 Å². The number of anilines is 1. The SMILES string of the molecule is Cc1ccc2c(c1)CCC(=O)N2CC(=O)O. The zero-order chi connectivity index (χ0) is 11.7. The van der Waals surface area contributed by atoms with Gasteiger partial charge in [-0.15, -0.1) is 0 Å². The maximum absolute atomic E-state index is 11.6. The molecule has 16 heavy (non-hydrogen) atoms. The highest BCUT2D eigenvalue weighted by molar-refractivity contribution is 5.99. The van der Waals surface area contributed by atoms with Crippen molar-refractivity contribution in [1.29, 1.82) is 0 Å². The molecule has 0 saturated heterocycles. The van der Waals surface area contributed by atoms with Crippen LogP contribution in [0.15, 0.2) is 18.2 Å². The summed E-state index contributed by atoms with van der Waals surface area (Å²) in [4.78, 5) is 23.7. The highest BCUT2D eigenvalue weighted by Crippen LogP contribution is 2.28. The van der Waals surface area contributed by atoms with Crippen molar-refractivity contribution in [3.8, 4) is 0 Å².